The van der Waals surface area contributed by atoms with Crippen molar-refractivity contribution in [1.29, 1.82) is 0 Å². The van der Waals surface area contributed by atoms with Gasteiger partial charge in [-0.25, -0.2) is 0 Å². The number of halogens is 1. The van der Waals surface area contributed by atoms with E-state index in [1.807, 2.05) is 18.2 Å². The maximum absolute atomic E-state index is 10.4. The maximum Gasteiger partial charge on any atom is 0.294 e. The Bertz CT molecular complexity index is 575. The number of benzene rings is 1. The first-order valence-electron chi connectivity index (χ1n) is 7.80. The molecule has 1 aromatic rings. The summed E-state index contributed by atoms with van der Waals surface area (Å²) in [5.74, 6) is 0.669. The Kier molecular flexibility index (Phi) is 5.72. The molecular weight excluding hydrogens is 340 g/mol. The van der Waals surface area contributed by atoms with Crippen molar-refractivity contribution in [3.05, 3.63) is 39.4 Å². The molecule has 2 saturated heterocycles. The summed E-state index contributed by atoms with van der Waals surface area (Å²) in [6, 6.07) is 7.33. The Hall–Kier alpha value is -1.61. The van der Waals surface area contributed by atoms with Gasteiger partial charge in [0.25, 0.3) is 5.09 Å². The van der Waals surface area contributed by atoms with Crippen molar-refractivity contribution in [3.8, 4) is 5.75 Å². The minimum absolute atomic E-state index is 0.00401. The van der Waals surface area contributed by atoms with E-state index in [0.717, 1.165) is 6.42 Å². The van der Waals surface area contributed by atoms with Gasteiger partial charge in [-0.05, 0) is 25.1 Å². The summed E-state index contributed by atoms with van der Waals surface area (Å²) >= 11 is 6.02. The largest absolute Gasteiger partial charge is 0.492 e. The fourth-order valence-corrected chi connectivity index (χ4v) is 3.13. The monoisotopic (exact) mass is 358 g/mol. The van der Waals surface area contributed by atoms with E-state index in [4.69, 9.17) is 25.8 Å². The van der Waals surface area contributed by atoms with E-state index in [2.05, 4.69) is 10.2 Å². The summed E-state index contributed by atoms with van der Waals surface area (Å²) in [6.07, 6.45) is -0.486. The smallest absolute Gasteiger partial charge is 0.294 e. The Morgan fingerprint density at radius 2 is 2.08 bits per heavy atom. The Balaban J connectivity index is 1.36. The third-order valence-corrected chi connectivity index (χ3v) is 4.36. The zero-order chi connectivity index (χ0) is 16.9. The topological polar surface area (TPSA) is 92.1 Å². The summed E-state index contributed by atoms with van der Waals surface area (Å²) in [5.41, 5.74) is 0. The number of nitrogens with zero attached hydrogens (tertiary/aromatic N) is 1. The third-order valence-electron chi connectivity index (χ3n) is 4.05. The zero-order valence-electron chi connectivity index (χ0n) is 12.9. The van der Waals surface area contributed by atoms with Crippen LogP contribution in [0.25, 0.3) is 0 Å². The molecule has 0 saturated carbocycles. The van der Waals surface area contributed by atoms with Gasteiger partial charge in [0.15, 0.2) is 6.10 Å². The summed E-state index contributed by atoms with van der Waals surface area (Å²) in [4.78, 5) is 15.0. The molecule has 9 heteroatoms. The molecule has 132 valence electrons. The molecule has 0 bridgehead atoms. The first kappa shape index (κ1) is 17.2. The average Bonchev–Trinajstić information content (AvgIpc) is 3.12. The van der Waals surface area contributed by atoms with Gasteiger partial charge in [0.2, 0.25) is 0 Å². The van der Waals surface area contributed by atoms with Crippen molar-refractivity contribution < 1.29 is 24.1 Å². The third kappa shape index (κ3) is 4.07. The van der Waals surface area contributed by atoms with E-state index in [1.54, 1.807) is 6.07 Å². The second-order valence-corrected chi connectivity index (χ2v) is 6.06. The van der Waals surface area contributed by atoms with Crippen LogP contribution in [0.1, 0.15) is 6.42 Å². The van der Waals surface area contributed by atoms with Crippen LogP contribution in [0, 0.1) is 10.1 Å². The van der Waals surface area contributed by atoms with E-state index in [0.29, 0.717) is 30.5 Å². The van der Waals surface area contributed by atoms with Gasteiger partial charge in [-0.2, -0.15) is 0 Å². The average molecular weight is 359 g/mol. The molecule has 24 heavy (non-hydrogen) atoms. The van der Waals surface area contributed by atoms with Gasteiger partial charge in [0.1, 0.15) is 18.0 Å². The second kappa shape index (κ2) is 7.98. The highest BCUT2D eigenvalue weighted by atomic mass is 35.5. The molecule has 2 aliphatic heterocycles. The summed E-state index contributed by atoms with van der Waals surface area (Å²) in [6.45, 7) is 1.86. The van der Waals surface area contributed by atoms with Crippen LogP contribution >= 0.6 is 11.6 Å². The molecule has 1 N–H and O–H groups in total. The van der Waals surface area contributed by atoms with Crippen molar-refractivity contribution in [3.63, 3.8) is 0 Å². The molecule has 2 aliphatic rings. The Morgan fingerprint density at radius 1 is 1.29 bits per heavy atom. The molecule has 0 radical (unpaired) electrons. The van der Waals surface area contributed by atoms with Crippen LogP contribution in [0.5, 0.6) is 5.75 Å². The molecule has 4 atom stereocenters. The van der Waals surface area contributed by atoms with Gasteiger partial charge in [-0.1, -0.05) is 23.7 Å². The lowest BCUT2D eigenvalue weighted by atomic mass is 10.1. The predicted molar refractivity (Wildman–Crippen MR) is 84.7 cm³/mol. The zero-order valence-corrected chi connectivity index (χ0v) is 13.7. The van der Waals surface area contributed by atoms with Crippen LogP contribution in [0.15, 0.2) is 24.3 Å². The summed E-state index contributed by atoms with van der Waals surface area (Å²) in [5, 5.41) is 13.6. The van der Waals surface area contributed by atoms with E-state index >= 15 is 0 Å². The Labute approximate surface area is 144 Å². The van der Waals surface area contributed by atoms with Crippen molar-refractivity contribution in [2.75, 3.05) is 26.4 Å². The molecule has 2 fully saturated rings. The molecule has 1 aromatic carbocycles. The molecule has 0 amide bonds. The quantitative estimate of drug-likeness (QED) is 0.427. The fraction of sp³-hybridized carbons (Fsp3) is 0.600. The second-order valence-electron chi connectivity index (χ2n) is 5.66. The minimum Gasteiger partial charge on any atom is -0.492 e. The van der Waals surface area contributed by atoms with Gasteiger partial charge >= 0.3 is 0 Å². The van der Waals surface area contributed by atoms with E-state index in [-0.39, 0.29) is 18.8 Å². The van der Waals surface area contributed by atoms with Crippen LogP contribution in [-0.4, -0.2) is 55.8 Å². The van der Waals surface area contributed by atoms with Gasteiger partial charge in [-0.15, -0.1) is 10.1 Å². The number of para-hydroxylation sites is 1. The predicted octanol–water partition coefficient (Wildman–Crippen LogP) is 1.44. The maximum atomic E-state index is 10.4. The van der Waals surface area contributed by atoms with E-state index < -0.39 is 17.3 Å². The molecule has 2 heterocycles. The number of rotatable bonds is 8. The highest BCUT2D eigenvalue weighted by Gasteiger charge is 2.49. The highest BCUT2D eigenvalue weighted by Crippen LogP contribution is 2.29. The first-order valence-corrected chi connectivity index (χ1v) is 8.18. The lowest BCUT2D eigenvalue weighted by Gasteiger charge is -2.17. The van der Waals surface area contributed by atoms with Gasteiger partial charge in [-0.3, -0.25) is 0 Å². The van der Waals surface area contributed by atoms with Gasteiger partial charge in [0, 0.05) is 0 Å². The first-order chi connectivity index (χ1) is 11.6. The molecule has 0 spiro atoms. The van der Waals surface area contributed by atoms with Crippen LogP contribution in [0.2, 0.25) is 5.02 Å². The van der Waals surface area contributed by atoms with Crippen molar-refractivity contribution in [2.45, 2.75) is 30.8 Å². The normalized spacial score (nSPS) is 28.5. The molecule has 0 aromatic heterocycles. The summed E-state index contributed by atoms with van der Waals surface area (Å²) in [7, 11) is 0. The van der Waals surface area contributed by atoms with Crippen molar-refractivity contribution >= 4 is 11.6 Å². The lowest BCUT2D eigenvalue weighted by Crippen LogP contribution is -2.42. The number of ether oxygens (including phenoxy) is 3. The number of hydrogen-bond acceptors (Lipinski definition) is 7. The van der Waals surface area contributed by atoms with Gasteiger partial charge < -0.3 is 24.4 Å². The van der Waals surface area contributed by atoms with E-state index in [1.165, 1.54) is 0 Å². The summed E-state index contributed by atoms with van der Waals surface area (Å²) < 4.78 is 16.8. The number of fused-ring (bicyclic) bond motifs is 1. The fourth-order valence-electron chi connectivity index (χ4n) is 2.94. The minimum atomic E-state index is -0.799. The van der Waals surface area contributed by atoms with Crippen molar-refractivity contribution in [2.24, 2.45) is 0 Å². The molecule has 3 rings (SSSR count). The molecule has 0 aliphatic carbocycles. The van der Waals surface area contributed by atoms with E-state index in [9.17, 15) is 10.1 Å². The SMILES string of the molecule is O=[N+]([O-])O[C@H]1CO[C@H]2[C@@H]1OC[C@@H]2NCCCOc1ccccc1Cl. The lowest BCUT2D eigenvalue weighted by molar-refractivity contribution is -0.769. The van der Waals surface area contributed by atoms with Crippen LogP contribution < -0.4 is 10.1 Å². The highest BCUT2D eigenvalue weighted by molar-refractivity contribution is 6.32. The molecular formula is C15H19ClN2O6. The van der Waals surface area contributed by atoms with Crippen LogP contribution in [0.3, 0.4) is 0 Å². The molecule has 8 nitrogen and oxygen atoms in total. The van der Waals surface area contributed by atoms with Crippen LogP contribution in [0.4, 0.5) is 0 Å². The standard InChI is InChI=1S/C15H19ClN2O6/c16-10-4-1-2-5-12(10)21-7-3-6-17-11-8-22-15-13(24-18(19)20)9-23-14(11)15/h1-2,4-5,11,13-15,17H,3,6-9H2/t11-,13-,14+,15+/m0/s1. The number of nitrogens with one attached hydrogen (secondary N) is 1. The number of hydrogen-bond donors (Lipinski definition) is 1. The Morgan fingerprint density at radius 3 is 2.88 bits per heavy atom. The molecule has 0 unspecified atom stereocenters. The van der Waals surface area contributed by atoms with Gasteiger partial charge in [0.05, 0.1) is 30.9 Å². The van der Waals surface area contributed by atoms with Crippen LogP contribution in [-0.2, 0) is 14.3 Å². The van der Waals surface area contributed by atoms with Crippen molar-refractivity contribution in [1.82, 2.24) is 5.32 Å².